The minimum Gasteiger partial charge on any atom is -0.598 e. The van der Waals surface area contributed by atoms with E-state index in [0.717, 1.165) is 42.0 Å². The summed E-state index contributed by atoms with van der Waals surface area (Å²) in [4.78, 5) is 13.7. The maximum atomic E-state index is 12.0. The smallest absolute Gasteiger partial charge is 0.227 e. The molecule has 1 saturated heterocycles. The number of nitrogens with one attached hydrogen (secondary N) is 1. The third-order valence-electron chi connectivity index (χ3n) is 7.03. The molecule has 1 aromatic carbocycles. The summed E-state index contributed by atoms with van der Waals surface area (Å²) in [5.41, 5.74) is 5.38. The Balaban J connectivity index is 1.30. The second-order valence-electron chi connectivity index (χ2n) is 9.02. The van der Waals surface area contributed by atoms with Crippen LogP contribution >= 0.6 is 11.6 Å². The van der Waals surface area contributed by atoms with Crippen LogP contribution < -0.4 is 4.90 Å². The monoisotopic (exact) mass is 446 g/mol. The van der Waals surface area contributed by atoms with Crippen molar-refractivity contribution >= 4 is 34.6 Å². The van der Waals surface area contributed by atoms with E-state index in [1.165, 1.54) is 18.4 Å². The summed E-state index contributed by atoms with van der Waals surface area (Å²) in [6.07, 6.45) is 6.52. The minimum atomic E-state index is -0.800. The normalized spacial score (nSPS) is 22.0. The van der Waals surface area contributed by atoms with E-state index in [-0.39, 0.29) is 5.91 Å². The molecule has 160 valence electrons. The second-order valence-corrected chi connectivity index (χ2v) is 11.1. The lowest BCUT2D eigenvalue weighted by Gasteiger charge is -2.57. The van der Waals surface area contributed by atoms with Gasteiger partial charge in [0, 0.05) is 47.7 Å². The van der Waals surface area contributed by atoms with Gasteiger partial charge in [-0.15, -0.1) is 4.31 Å². The van der Waals surface area contributed by atoms with E-state index in [2.05, 4.69) is 14.5 Å². The number of halogens is 1. The van der Waals surface area contributed by atoms with Gasteiger partial charge in [-0.25, -0.2) is 0 Å². The van der Waals surface area contributed by atoms with Gasteiger partial charge in [0.05, 0.1) is 23.8 Å². The molecule has 1 N–H and O–H groups in total. The fraction of sp³-hybridized carbons (Fsp3) is 0.545. The maximum Gasteiger partial charge on any atom is 0.227 e. The number of fused-ring (bicyclic) bond motifs is 1. The molecule has 1 saturated carbocycles. The highest BCUT2D eigenvalue weighted by molar-refractivity contribution is 7.89. The zero-order chi connectivity index (χ0) is 21.0. The van der Waals surface area contributed by atoms with E-state index < -0.39 is 11.4 Å². The van der Waals surface area contributed by atoms with Crippen LogP contribution in [0.2, 0.25) is 5.02 Å². The number of H-pyrrole nitrogens is 1. The van der Waals surface area contributed by atoms with Crippen LogP contribution in [0.15, 0.2) is 18.3 Å². The second kappa shape index (κ2) is 7.55. The topological polar surface area (TPSA) is 75.3 Å². The number of aromatic amines is 1. The Morgan fingerprint density at radius 1 is 1.33 bits per heavy atom. The molecule has 1 amide bonds. The Labute approximate surface area is 185 Å². The molecule has 1 unspecified atom stereocenters. The summed E-state index contributed by atoms with van der Waals surface area (Å²) in [5, 5.41) is 8.26. The Kier molecular flexibility index (Phi) is 5.13. The SMILES string of the molecule is CC[S+]([O-])N1CC2(CC(Cc3c[nH]nc3-c3ccc4c(c3Cl)CCC(=O)N4C)C2)C1. The van der Waals surface area contributed by atoms with Crippen molar-refractivity contribution in [1.29, 1.82) is 0 Å². The van der Waals surface area contributed by atoms with Crippen molar-refractivity contribution in [3.05, 3.63) is 34.5 Å². The van der Waals surface area contributed by atoms with Crippen LogP contribution in [0.25, 0.3) is 11.3 Å². The lowest BCUT2D eigenvalue weighted by molar-refractivity contribution is -0.118. The van der Waals surface area contributed by atoms with Gasteiger partial charge in [0.1, 0.15) is 5.75 Å². The molecule has 2 aromatic rings. The summed E-state index contributed by atoms with van der Waals surface area (Å²) in [5.74, 6) is 1.48. The molecule has 6 nitrogen and oxygen atoms in total. The molecule has 30 heavy (non-hydrogen) atoms. The number of amides is 1. The molecule has 0 bridgehead atoms. The average molecular weight is 447 g/mol. The quantitative estimate of drug-likeness (QED) is 0.712. The number of aromatic nitrogens is 2. The summed E-state index contributed by atoms with van der Waals surface area (Å²) < 4.78 is 14.0. The van der Waals surface area contributed by atoms with Crippen LogP contribution in [-0.2, 0) is 29.0 Å². The van der Waals surface area contributed by atoms with Gasteiger partial charge in [0.15, 0.2) is 0 Å². The van der Waals surface area contributed by atoms with Crippen molar-refractivity contribution in [2.24, 2.45) is 11.3 Å². The zero-order valence-corrected chi connectivity index (χ0v) is 19.0. The van der Waals surface area contributed by atoms with E-state index in [1.54, 1.807) is 11.9 Å². The molecule has 2 aliphatic heterocycles. The van der Waals surface area contributed by atoms with Crippen molar-refractivity contribution in [2.45, 2.75) is 39.0 Å². The van der Waals surface area contributed by atoms with E-state index in [1.807, 2.05) is 25.3 Å². The highest BCUT2D eigenvalue weighted by atomic mass is 35.5. The maximum absolute atomic E-state index is 12.0. The number of benzene rings is 1. The summed E-state index contributed by atoms with van der Waals surface area (Å²) >= 11 is 6.00. The van der Waals surface area contributed by atoms with Crippen LogP contribution in [0, 0.1) is 11.3 Å². The van der Waals surface area contributed by atoms with Crippen molar-refractivity contribution in [3.8, 4) is 11.3 Å². The number of anilines is 1. The minimum absolute atomic E-state index is 0.128. The van der Waals surface area contributed by atoms with Crippen LogP contribution in [0.3, 0.4) is 0 Å². The number of carbonyl (C=O) groups excluding carboxylic acids is 1. The molecule has 1 atom stereocenters. The summed E-state index contributed by atoms with van der Waals surface area (Å²) in [7, 11) is 1.81. The lowest BCUT2D eigenvalue weighted by Crippen LogP contribution is -2.64. The first-order valence-corrected chi connectivity index (χ1v) is 12.3. The van der Waals surface area contributed by atoms with Gasteiger partial charge in [-0.05, 0) is 61.8 Å². The average Bonchev–Trinajstić information content (AvgIpc) is 3.13. The molecule has 5 rings (SSSR count). The van der Waals surface area contributed by atoms with E-state index in [4.69, 9.17) is 11.6 Å². The Bertz CT molecular complexity index is 980. The molecule has 2 fully saturated rings. The number of rotatable bonds is 5. The van der Waals surface area contributed by atoms with Gasteiger partial charge >= 0.3 is 0 Å². The number of carbonyl (C=O) groups is 1. The summed E-state index contributed by atoms with van der Waals surface area (Å²) in [6, 6.07) is 3.98. The third-order valence-corrected chi connectivity index (χ3v) is 8.79. The summed E-state index contributed by atoms with van der Waals surface area (Å²) in [6.45, 7) is 3.93. The highest BCUT2D eigenvalue weighted by Gasteiger charge is 2.55. The van der Waals surface area contributed by atoms with E-state index >= 15 is 0 Å². The first kappa shape index (κ1) is 20.4. The van der Waals surface area contributed by atoms with Crippen molar-refractivity contribution in [3.63, 3.8) is 0 Å². The lowest BCUT2D eigenvalue weighted by atomic mass is 9.57. The Hall–Kier alpha value is -1.54. The highest BCUT2D eigenvalue weighted by Crippen LogP contribution is 2.54. The van der Waals surface area contributed by atoms with Gasteiger partial charge in [-0.2, -0.15) is 5.10 Å². The molecule has 1 aliphatic carbocycles. The molecule has 8 heteroatoms. The van der Waals surface area contributed by atoms with Crippen LogP contribution in [0.4, 0.5) is 5.69 Å². The van der Waals surface area contributed by atoms with Gasteiger partial charge in [-0.3, -0.25) is 9.89 Å². The molecule has 1 aromatic heterocycles. The largest absolute Gasteiger partial charge is 0.598 e. The van der Waals surface area contributed by atoms with Crippen LogP contribution in [0.5, 0.6) is 0 Å². The molecule has 3 heterocycles. The predicted molar refractivity (Wildman–Crippen MR) is 120 cm³/mol. The molecule has 1 spiro atoms. The predicted octanol–water partition coefficient (Wildman–Crippen LogP) is 3.58. The first-order chi connectivity index (χ1) is 14.4. The van der Waals surface area contributed by atoms with E-state index in [9.17, 15) is 9.35 Å². The molecule has 3 aliphatic rings. The molecular formula is C22H27ClN4O2S. The number of hydrogen-bond acceptors (Lipinski definition) is 4. The van der Waals surface area contributed by atoms with Crippen LogP contribution in [-0.4, -0.2) is 50.9 Å². The van der Waals surface area contributed by atoms with E-state index in [0.29, 0.717) is 35.0 Å². The Morgan fingerprint density at radius 3 is 2.83 bits per heavy atom. The van der Waals surface area contributed by atoms with Crippen LogP contribution in [0.1, 0.15) is 37.3 Å². The Morgan fingerprint density at radius 2 is 2.10 bits per heavy atom. The van der Waals surface area contributed by atoms with Crippen molar-refractivity contribution < 1.29 is 9.35 Å². The van der Waals surface area contributed by atoms with Crippen molar-refractivity contribution in [1.82, 2.24) is 14.5 Å². The van der Waals surface area contributed by atoms with Gasteiger partial charge in [-0.1, -0.05) is 11.6 Å². The number of nitrogens with zero attached hydrogens (tertiary/aromatic N) is 3. The van der Waals surface area contributed by atoms with Gasteiger partial charge in [0.2, 0.25) is 5.91 Å². The third kappa shape index (κ3) is 3.27. The fourth-order valence-corrected chi connectivity index (χ4v) is 7.04. The standard InChI is InChI=1S/C22H27ClN4O2S/c1-3-30(29)27-12-22(13-27)9-14(10-22)8-15-11-24-25-21(15)17-4-6-18-16(20(17)23)5-7-19(28)26(18)2/h4,6,11,14H,3,5,7-10,12-13H2,1-2H3,(H,24,25). The zero-order valence-electron chi connectivity index (χ0n) is 17.4. The van der Waals surface area contributed by atoms with Gasteiger partial charge in [0.25, 0.3) is 0 Å². The molecule has 0 radical (unpaired) electrons. The first-order valence-electron chi connectivity index (χ1n) is 10.6. The number of hydrogen-bond donors (Lipinski definition) is 1. The van der Waals surface area contributed by atoms with Gasteiger partial charge < -0.3 is 9.45 Å². The molecular weight excluding hydrogens is 420 g/mol. The van der Waals surface area contributed by atoms with Crippen molar-refractivity contribution in [2.75, 3.05) is 30.8 Å². The fourth-order valence-electron chi connectivity index (χ4n) is 5.49.